The molecule has 1 N–H and O–H groups in total. The first-order valence-corrected chi connectivity index (χ1v) is 5.87. The van der Waals surface area contributed by atoms with Crippen LogP contribution in [0.1, 0.15) is 13.3 Å². The molecule has 0 aliphatic carbocycles. The van der Waals surface area contributed by atoms with Gasteiger partial charge in [0.1, 0.15) is 0 Å². The fourth-order valence-corrected chi connectivity index (χ4v) is 1.53. The van der Waals surface area contributed by atoms with Crippen LogP contribution >= 0.6 is 0 Å². The van der Waals surface area contributed by atoms with Crippen LogP contribution in [0.25, 0.3) is 0 Å². The number of hydrogen-bond acceptors (Lipinski definition) is 5. The maximum absolute atomic E-state index is 13.5. The van der Waals surface area contributed by atoms with Crippen LogP contribution in [0.4, 0.5) is 10.1 Å². The quantitative estimate of drug-likeness (QED) is 0.580. The fourth-order valence-electron chi connectivity index (χ4n) is 1.53. The van der Waals surface area contributed by atoms with Crippen molar-refractivity contribution in [1.29, 1.82) is 0 Å². The molecule has 0 aliphatic rings. The highest BCUT2D eigenvalue weighted by molar-refractivity contribution is 5.72. The number of nitrogens with zero attached hydrogens (tertiary/aromatic N) is 1. The maximum atomic E-state index is 13.5. The lowest BCUT2D eigenvalue weighted by molar-refractivity contribution is -0.386. The SMILES string of the molecule is CCOC(CCOc1c(F)cccc1[N+](=O)[O-])C(=O)O. The molecular formula is C12H14FNO6. The lowest BCUT2D eigenvalue weighted by atomic mass is 10.2. The molecule has 0 fully saturated rings. The van der Waals surface area contributed by atoms with Crippen molar-refractivity contribution in [3.63, 3.8) is 0 Å². The first kappa shape index (κ1) is 15.8. The first-order chi connectivity index (χ1) is 9.47. The highest BCUT2D eigenvalue weighted by Crippen LogP contribution is 2.29. The third-order valence-electron chi connectivity index (χ3n) is 2.41. The smallest absolute Gasteiger partial charge is 0.332 e. The van der Waals surface area contributed by atoms with Gasteiger partial charge < -0.3 is 14.6 Å². The zero-order valence-electron chi connectivity index (χ0n) is 10.7. The summed E-state index contributed by atoms with van der Waals surface area (Å²) < 4.78 is 23.4. The second-order valence-electron chi connectivity index (χ2n) is 3.76. The number of carboxylic acid groups (broad SMARTS) is 1. The molecule has 0 spiro atoms. The van der Waals surface area contributed by atoms with Crippen LogP contribution in [-0.2, 0) is 9.53 Å². The van der Waals surface area contributed by atoms with E-state index in [9.17, 15) is 19.3 Å². The predicted octanol–water partition coefficient (Wildman–Crippen LogP) is 1.99. The molecule has 1 aromatic rings. The molecule has 7 nitrogen and oxygen atoms in total. The summed E-state index contributed by atoms with van der Waals surface area (Å²) in [6.07, 6.45) is -1.14. The summed E-state index contributed by atoms with van der Waals surface area (Å²) >= 11 is 0. The van der Waals surface area contributed by atoms with Gasteiger partial charge in [0, 0.05) is 19.1 Å². The van der Waals surface area contributed by atoms with Crippen molar-refractivity contribution < 1.29 is 28.7 Å². The van der Waals surface area contributed by atoms with E-state index in [1.807, 2.05) is 0 Å². The summed E-state index contributed by atoms with van der Waals surface area (Å²) in [5.41, 5.74) is -0.506. The first-order valence-electron chi connectivity index (χ1n) is 5.87. The predicted molar refractivity (Wildman–Crippen MR) is 66.2 cm³/mol. The van der Waals surface area contributed by atoms with Gasteiger partial charge in [0.2, 0.25) is 5.75 Å². The standard InChI is InChI=1S/C12H14FNO6/c1-2-19-10(12(15)16)6-7-20-11-8(13)4-3-5-9(11)14(17)18/h3-5,10H,2,6-7H2,1H3,(H,15,16). The Morgan fingerprint density at radius 3 is 2.80 bits per heavy atom. The second kappa shape index (κ2) is 7.39. The minimum absolute atomic E-state index is 0.0470. The molecule has 0 aromatic heterocycles. The van der Waals surface area contributed by atoms with E-state index in [-0.39, 0.29) is 19.6 Å². The molecule has 0 radical (unpaired) electrons. The Morgan fingerprint density at radius 1 is 1.55 bits per heavy atom. The highest BCUT2D eigenvalue weighted by atomic mass is 19.1. The number of ether oxygens (including phenoxy) is 2. The van der Waals surface area contributed by atoms with E-state index in [0.717, 1.165) is 12.1 Å². The van der Waals surface area contributed by atoms with Gasteiger partial charge in [0.25, 0.3) is 0 Å². The Balaban J connectivity index is 2.70. The average Bonchev–Trinajstić information content (AvgIpc) is 2.38. The Labute approximate surface area is 114 Å². The number of para-hydroxylation sites is 1. The number of carbonyl (C=O) groups is 1. The lowest BCUT2D eigenvalue weighted by Gasteiger charge is -2.13. The van der Waals surface area contributed by atoms with E-state index in [1.54, 1.807) is 6.92 Å². The van der Waals surface area contributed by atoms with Crippen molar-refractivity contribution in [3.05, 3.63) is 34.1 Å². The van der Waals surface area contributed by atoms with Gasteiger partial charge in [0.05, 0.1) is 11.5 Å². The number of nitro groups is 1. The van der Waals surface area contributed by atoms with Gasteiger partial charge in [-0.1, -0.05) is 6.07 Å². The van der Waals surface area contributed by atoms with Gasteiger partial charge in [-0.25, -0.2) is 9.18 Å². The van der Waals surface area contributed by atoms with Crippen LogP contribution in [0.2, 0.25) is 0 Å². The number of halogens is 1. The fraction of sp³-hybridized carbons (Fsp3) is 0.417. The number of hydrogen-bond donors (Lipinski definition) is 1. The van der Waals surface area contributed by atoms with Crippen LogP contribution in [0.5, 0.6) is 5.75 Å². The van der Waals surface area contributed by atoms with E-state index < -0.39 is 34.3 Å². The minimum Gasteiger partial charge on any atom is -0.485 e. The van der Waals surface area contributed by atoms with Crippen molar-refractivity contribution in [3.8, 4) is 5.75 Å². The minimum atomic E-state index is -1.17. The number of rotatable bonds is 8. The molecule has 110 valence electrons. The van der Waals surface area contributed by atoms with E-state index >= 15 is 0 Å². The molecule has 0 aliphatic heterocycles. The molecule has 1 aromatic carbocycles. The maximum Gasteiger partial charge on any atom is 0.332 e. The number of carboxylic acids is 1. The van der Waals surface area contributed by atoms with Crippen molar-refractivity contribution in [2.45, 2.75) is 19.4 Å². The topological polar surface area (TPSA) is 98.9 Å². The normalized spacial score (nSPS) is 11.9. The van der Waals surface area contributed by atoms with Gasteiger partial charge in [-0.2, -0.15) is 0 Å². The third kappa shape index (κ3) is 4.16. The van der Waals surface area contributed by atoms with Gasteiger partial charge in [-0.05, 0) is 13.0 Å². The molecule has 1 rings (SSSR count). The van der Waals surface area contributed by atoms with Gasteiger partial charge in [-0.3, -0.25) is 10.1 Å². The zero-order valence-corrected chi connectivity index (χ0v) is 10.7. The average molecular weight is 287 g/mol. The summed E-state index contributed by atoms with van der Waals surface area (Å²) in [6, 6.07) is 3.33. The summed E-state index contributed by atoms with van der Waals surface area (Å²) in [4.78, 5) is 20.8. The number of aliphatic carboxylic acids is 1. The van der Waals surface area contributed by atoms with Crippen LogP contribution in [0.3, 0.4) is 0 Å². The lowest BCUT2D eigenvalue weighted by Crippen LogP contribution is -2.26. The molecule has 1 unspecified atom stereocenters. The molecule has 0 saturated heterocycles. The zero-order chi connectivity index (χ0) is 15.1. The van der Waals surface area contributed by atoms with Crippen molar-refractivity contribution in [1.82, 2.24) is 0 Å². The van der Waals surface area contributed by atoms with Crippen LogP contribution < -0.4 is 4.74 Å². The monoisotopic (exact) mass is 287 g/mol. The second-order valence-corrected chi connectivity index (χ2v) is 3.76. The van der Waals surface area contributed by atoms with Crippen molar-refractivity contribution in [2.75, 3.05) is 13.2 Å². The summed E-state index contributed by atoms with van der Waals surface area (Å²) in [7, 11) is 0. The molecular weight excluding hydrogens is 273 g/mol. The van der Waals surface area contributed by atoms with E-state index in [1.165, 1.54) is 6.07 Å². The van der Waals surface area contributed by atoms with E-state index in [0.29, 0.717) is 0 Å². The molecule has 20 heavy (non-hydrogen) atoms. The van der Waals surface area contributed by atoms with Crippen LogP contribution in [-0.4, -0.2) is 35.3 Å². The summed E-state index contributed by atoms with van der Waals surface area (Å²) in [5, 5.41) is 19.6. The van der Waals surface area contributed by atoms with Gasteiger partial charge in [0.15, 0.2) is 11.9 Å². The Bertz CT molecular complexity index is 493. The largest absolute Gasteiger partial charge is 0.485 e. The molecule has 0 bridgehead atoms. The molecule has 0 amide bonds. The van der Waals surface area contributed by atoms with Gasteiger partial charge in [-0.15, -0.1) is 0 Å². The Hall–Kier alpha value is -2.22. The molecule has 0 heterocycles. The highest BCUT2D eigenvalue weighted by Gasteiger charge is 2.21. The Kier molecular flexibility index (Phi) is 5.85. The van der Waals surface area contributed by atoms with Crippen molar-refractivity contribution in [2.24, 2.45) is 0 Å². The molecule has 1 atom stereocenters. The summed E-state index contributed by atoms with van der Waals surface area (Å²) in [5.74, 6) is -2.54. The Morgan fingerprint density at radius 2 is 2.25 bits per heavy atom. The number of benzene rings is 1. The molecule has 8 heteroatoms. The van der Waals surface area contributed by atoms with E-state index in [2.05, 4.69) is 0 Å². The third-order valence-corrected chi connectivity index (χ3v) is 2.41. The van der Waals surface area contributed by atoms with Crippen molar-refractivity contribution >= 4 is 11.7 Å². The number of nitro benzene ring substituents is 1. The molecule has 0 saturated carbocycles. The van der Waals surface area contributed by atoms with Crippen LogP contribution in [0, 0.1) is 15.9 Å². The van der Waals surface area contributed by atoms with E-state index in [4.69, 9.17) is 14.6 Å². The van der Waals surface area contributed by atoms with Crippen LogP contribution in [0.15, 0.2) is 18.2 Å². The van der Waals surface area contributed by atoms with Gasteiger partial charge >= 0.3 is 11.7 Å². The summed E-state index contributed by atoms with van der Waals surface area (Å²) in [6.45, 7) is 1.63.